The Hall–Kier alpha value is -1.74. The zero-order chi connectivity index (χ0) is 15.1. The van der Waals surface area contributed by atoms with Crippen LogP contribution in [0.2, 0.25) is 0 Å². The number of piperazine rings is 1. The molecule has 1 aliphatic rings. The van der Waals surface area contributed by atoms with E-state index in [-0.39, 0.29) is 18.8 Å². The van der Waals surface area contributed by atoms with E-state index < -0.39 is 38.5 Å². The first-order valence-electron chi connectivity index (χ1n) is 5.79. The molecule has 2 rings (SSSR count). The van der Waals surface area contributed by atoms with E-state index in [1.165, 1.54) is 6.92 Å². The van der Waals surface area contributed by atoms with Crippen LogP contribution in [0.15, 0.2) is 17.0 Å². The summed E-state index contributed by atoms with van der Waals surface area (Å²) in [6.07, 6.45) is 0. The summed E-state index contributed by atoms with van der Waals surface area (Å²) < 4.78 is 52.9. The molecule has 0 aromatic heterocycles. The van der Waals surface area contributed by atoms with Crippen LogP contribution < -0.4 is 11.1 Å². The van der Waals surface area contributed by atoms with Crippen LogP contribution in [0.4, 0.5) is 14.5 Å². The lowest BCUT2D eigenvalue weighted by Gasteiger charge is -2.31. The van der Waals surface area contributed by atoms with Crippen LogP contribution in [0.5, 0.6) is 0 Å². The lowest BCUT2D eigenvalue weighted by Crippen LogP contribution is -2.55. The molecule has 0 aliphatic carbocycles. The molecule has 0 bridgehead atoms. The average Bonchev–Trinajstić information content (AvgIpc) is 2.30. The Balaban J connectivity index is 2.53. The van der Waals surface area contributed by atoms with Gasteiger partial charge in [-0.25, -0.2) is 17.2 Å². The van der Waals surface area contributed by atoms with Crippen molar-refractivity contribution in [1.82, 2.24) is 9.62 Å². The van der Waals surface area contributed by atoms with Crippen LogP contribution in [0.1, 0.15) is 6.92 Å². The van der Waals surface area contributed by atoms with Gasteiger partial charge in [-0.15, -0.1) is 0 Å². The number of nitrogens with one attached hydrogen (secondary N) is 1. The molecule has 6 nitrogen and oxygen atoms in total. The Morgan fingerprint density at radius 1 is 1.35 bits per heavy atom. The lowest BCUT2D eigenvalue weighted by atomic mass is 10.2. The number of nitrogen functional groups attached to an aromatic ring is 1. The van der Waals surface area contributed by atoms with E-state index in [1.54, 1.807) is 0 Å². The smallest absolute Gasteiger partial charge is 0.249 e. The van der Waals surface area contributed by atoms with Crippen LogP contribution in [0.3, 0.4) is 0 Å². The maximum atomic E-state index is 13.8. The van der Waals surface area contributed by atoms with Gasteiger partial charge in [-0.05, 0) is 19.1 Å². The molecule has 1 aromatic rings. The number of amides is 1. The van der Waals surface area contributed by atoms with Crippen molar-refractivity contribution >= 4 is 21.6 Å². The minimum atomic E-state index is -4.46. The maximum Gasteiger partial charge on any atom is 0.249 e. The molecular weight excluding hydrogens is 292 g/mol. The molecular formula is C11H13F2N3O3S. The van der Waals surface area contributed by atoms with Gasteiger partial charge in [0.15, 0.2) is 4.90 Å². The summed E-state index contributed by atoms with van der Waals surface area (Å²) >= 11 is 0. The molecule has 1 heterocycles. The molecule has 1 amide bonds. The molecule has 110 valence electrons. The third-order valence-corrected chi connectivity index (χ3v) is 5.05. The maximum absolute atomic E-state index is 13.8. The van der Waals surface area contributed by atoms with Crippen molar-refractivity contribution in [2.45, 2.75) is 17.9 Å². The lowest BCUT2D eigenvalue weighted by molar-refractivity contribution is -0.126. The number of hydrogen-bond acceptors (Lipinski definition) is 4. The van der Waals surface area contributed by atoms with Gasteiger partial charge in [0.1, 0.15) is 17.7 Å². The van der Waals surface area contributed by atoms with Gasteiger partial charge in [0.2, 0.25) is 15.9 Å². The number of carbonyl (C=O) groups excluding carboxylic acids is 1. The van der Waals surface area contributed by atoms with Crippen LogP contribution in [0, 0.1) is 11.6 Å². The molecule has 20 heavy (non-hydrogen) atoms. The largest absolute Gasteiger partial charge is 0.399 e. The molecule has 1 atom stereocenters. The fourth-order valence-corrected chi connectivity index (χ4v) is 3.72. The monoisotopic (exact) mass is 305 g/mol. The molecule has 1 fully saturated rings. The first-order chi connectivity index (χ1) is 9.25. The van der Waals surface area contributed by atoms with Crippen molar-refractivity contribution in [3.05, 3.63) is 23.8 Å². The van der Waals surface area contributed by atoms with E-state index >= 15 is 0 Å². The predicted octanol–water partition coefficient (Wildman–Crippen LogP) is 0.0560. The van der Waals surface area contributed by atoms with Crippen molar-refractivity contribution in [2.24, 2.45) is 0 Å². The van der Waals surface area contributed by atoms with E-state index in [2.05, 4.69) is 5.32 Å². The number of anilines is 1. The topological polar surface area (TPSA) is 92.5 Å². The van der Waals surface area contributed by atoms with Crippen LogP contribution >= 0.6 is 0 Å². The standard InChI is InChI=1S/C11H13F2N3O3S/c1-6-11(17)15-2-3-16(6)20(18,19)10-8(12)4-7(14)5-9(10)13/h4-6H,2-3,14H2,1H3,(H,15,17). The van der Waals surface area contributed by atoms with Gasteiger partial charge < -0.3 is 11.1 Å². The minimum Gasteiger partial charge on any atom is -0.399 e. The molecule has 0 saturated carbocycles. The van der Waals surface area contributed by atoms with Gasteiger partial charge in [-0.3, -0.25) is 4.79 Å². The second kappa shape index (κ2) is 4.98. The Morgan fingerprint density at radius 2 is 1.90 bits per heavy atom. The highest BCUT2D eigenvalue weighted by Gasteiger charge is 2.38. The van der Waals surface area contributed by atoms with Gasteiger partial charge in [-0.2, -0.15) is 4.31 Å². The number of halogens is 2. The quantitative estimate of drug-likeness (QED) is 0.756. The van der Waals surface area contributed by atoms with Crippen molar-refractivity contribution in [2.75, 3.05) is 18.8 Å². The average molecular weight is 305 g/mol. The third-order valence-electron chi connectivity index (χ3n) is 3.03. The third kappa shape index (κ3) is 2.34. The second-order valence-corrected chi connectivity index (χ2v) is 6.22. The summed E-state index contributed by atoms with van der Waals surface area (Å²) in [5.41, 5.74) is 5.03. The van der Waals surface area contributed by atoms with Crippen LogP contribution in [-0.4, -0.2) is 37.8 Å². The predicted molar refractivity (Wildman–Crippen MR) is 67.1 cm³/mol. The second-order valence-electron chi connectivity index (χ2n) is 4.40. The molecule has 1 unspecified atom stereocenters. The van der Waals surface area contributed by atoms with E-state index in [1.807, 2.05) is 0 Å². The number of sulfonamides is 1. The van der Waals surface area contributed by atoms with E-state index in [0.29, 0.717) is 0 Å². The molecule has 0 spiro atoms. The summed E-state index contributed by atoms with van der Waals surface area (Å²) in [6, 6.07) is 0.417. The minimum absolute atomic E-state index is 0.0570. The highest BCUT2D eigenvalue weighted by Crippen LogP contribution is 2.26. The fraction of sp³-hybridized carbons (Fsp3) is 0.364. The molecule has 0 radical (unpaired) electrons. The first-order valence-corrected chi connectivity index (χ1v) is 7.23. The van der Waals surface area contributed by atoms with Crippen LogP contribution in [-0.2, 0) is 14.8 Å². The van der Waals surface area contributed by atoms with Gasteiger partial charge in [-0.1, -0.05) is 0 Å². The van der Waals surface area contributed by atoms with E-state index in [0.717, 1.165) is 16.4 Å². The Morgan fingerprint density at radius 3 is 2.45 bits per heavy atom. The number of benzene rings is 1. The van der Waals surface area contributed by atoms with E-state index in [4.69, 9.17) is 5.73 Å². The first kappa shape index (κ1) is 14.7. The molecule has 1 saturated heterocycles. The SMILES string of the molecule is CC1C(=O)NCCN1S(=O)(=O)c1c(F)cc(N)cc1F. The summed E-state index contributed by atoms with van der Waals surface area (Å²) in [5, 5.41) is 2.47. The fourth-order valence-electron chi connectivity index (χ4n) is 2.03. The number of hydrogen-bond donors (Lipinski definition) is 2. The summed E-state index contributed by atoms with van der Waals surface area (Å²) in [5.74, 6) is -3.07. The van der Waals surface area contributed by atoms with Gasteiger partial charge >= 0.3 is 0 Å². The zero-order valence-corrected chi connectivity index (χ0v) is 11.4. The van der Waals surface area contributed by atoms with Crippen molar-refractivity contribution in [1.29, 1.82) is 0 Å². The van der Waals surface area contributed by atoms with Crippen molar-refractivity contribution < 1.29 is 22.0 Å². The summed E-state index contributed by atoms with van der Waals surface area (Å²) in [7, 11) is -4.46. The molecule has 9 heteroatoms. The van der Waals surface area contributed by atoms with Gasteiger partial charge in [0.25, 0.3) is 0 Å². The van der Waals surface area contributed by atoms with Crippen molar-refractivity contribution in [3.8, 4) is 0 Å². The zero-order valence-electron chi connectivity index (χ0n) is 10.6. The summed E-state index contributed by atoms with van der Waals surface area (Å²) in [4.78, 5) is 10.4. The van der Waals surface area contributed by atoms with Gasteiger partial charge in [0.05, 0.1) is 0 Å². The number of nitrogens with zero attached hydrogens (tertiary/aromatic N) is 1. The molecule has 3 N–H and O–H groups in total. The van der Waals surface area contributed by atoms with Crippen molar-refractivity contribution in [3.63, 3.8) is 0 Å². The van der Waals surface area contributed by atoms with E-state index in [9.17, 15) is 22.0 Å². The highest BCUT2D eigenvalue weighted by atomic mass is 32.2. The Bertz CT molecular complexity index is 640. The number of carbonyl (C=O) groups is 1. The molecule has 1 aliphatic heterocycles. The highest BCUT2D eigenvalue weighted by molar-refractivity contribution is 7.89. The number of nitrogens with two attached hydrogens (primary N) is 1. The number of rotatable bonds is 2. The Labute approximate surface area is 114 Å². The molecule has 1 aromatic carbocycles. The summed E-state index contributed by atoms with van der Waals surface area (Å²) in [6.45, 7) is 1.37. The normalized spacial score (nSPS) is 20.8. The van der Waals surface area contributed by atoms with Crippen LogP contribution in [0.25, 0.3) is 0 Å². The Kier molecular flexibility index (Phi) is 3.65. The van der Waals surface area contributed by atoms with Gasteiger partial charge in [0, 0.05) is 18.8 Å².